The zero-order chi connectivity index (χ0) is 12.3. The first kappa shape index (κ1) is 13.6. The number of benzene rings is 1. The predicted molar refractivity (Wildman–Crippen MR) is 70.7 cm³/mol. The summed E-state index contributed by atoms with van der Waals surface area (Å²) in [5.41, 5.74) is 0. The molecule has 3 nitrogen and oxygen atoms in total. The van der Waals surface area contributed by atoms with Gasteiger partial charge in [0.25, 0.3) is 0 Å². The summed E-state index contributed by atoms with van der Waals surface area (Å²) >= 11 is 6.85. The van der Waals surface area contributed by atoms with Gasteiger partial charge in [-0.3, -0.25) is 0 Å². The third-order valence-electron chi connectivity index (χ3n) is 1.86. The molecule has 0 heterocycles. The van der Waals surface area contributed by atoms with E-state index in [9.17, 15) is 0 Å². The fraction of sp³-hybridized carbons (Fsp3) is 0.455. The monoisotopic (exact) mass is 352 g/mol. The van der Waals surface area contributed by atoms with Gasteiger partial charge in [-0.15, -0.1) is 0 Å². The summed E-state index contributed by atoms with van der Waals surface area (Å²) in [5.74, 6) is 1.86. The van der Waals surface area contributed by atoms with Crippen molar-refractivity contribution in [3.63, 3.8) is 0 Å². The summed E-state index contributed by atoms with van der Waals surface area (Å²) in [6.45, 7) is 3.92. The van der Waals surface area contributed by atoms with Crippen LogP contribution >= 0.6 is 31.9 Å². The highest BCUT2D eigenvalue weighted by Gasteiger charge is 2.19. The van der Waals surface area contributed by atoms with Crippen LogP contribution in [0.1, 0.15) is 13.8 Å². The Labute approximate surface area is 112 Å². The fourth-order valence-corrected chi connectivity index (χ4v) is 2.66. The Hall–Kier alpha value is -0.420. The minimum absolute atomic E-state index is 0.0658. The maximum Gasteiger partial charge on any atom is 0.205 e. The van der Waals surface area contributed by atoms with E-state index < -0.39 is 0 Å². The van der Waals surface area contributed by atoms with E-state index in [0.29, 0.717) is 17.2 Å². The molecular weight excluding hydrogens is 340 g/mol. The molecule has 1 rings (SSSR count). The summed E-state index contributed by atoms with van der Waals surface area (Å²) in [7, 11) is 3.18. The molecule has 0 saturated heterocycles. The van der Waals surface area contributed by atoms with E-state index >= 15 is 0 Å². The molecule has 0 fully saturated rings. The zero-order valence-corrected chi connectivity index (χ0v) is 12.8. The third kappa shape index (κ3) is 2.83. The normalized spacial score (nSPS) is 10.4. The van der Waals surface area contributed by atoms with Crippen LogP contribution < -0.4 is 14.2 Å². The first-order valence-electron chi connectivity index (χ1n) is 4.77. The van der Waals surface area contributed by atoms with E-state index in [0.717, 1.165) is 8.95 Å². The van der Waals surface area contributed by atoms with Gasteiger partial charge in [-0.05, 0) is 51.8 Å². The Morgan fingerprint density at radius 3 is 1.88 bits per heavy atom. The lowest BCUT2D eigenvalue weighted by Gasteiger charge is -2.18. The van der Waals surface area contributed by atoms with Crippen LogP contribution in [0.25, 0.3) is 0 Å². The molecule has 1 aromatic rings. The largest absolute Gasteiger partial charge is 0.492 e. The predicted octanol–water partition coefficient (Wildman–Crippen LogP) is 4.02. The van der Waals surface area contributed by atoms with Gasteiger partial charge in [-0.1, -0.05) is 0 Å². The fourth-order valence-electron chi connectivity index (χ4n) is 1.28. The molecule has 0 radical (unpaired) electrons. The molecule has 0 bridgehead atoms. The van der Waals surface area contributed by atoms with Gasteiger partial charge in [0.2, 0.25) is 5.75 Å². The molecule has 5 heteroatoms. The molecule has 0 aromatic heterocycles. The number of rotatable bonds is 4. The van der Waals surface area contributed by atoms with Gasteiger partial charge in [0.05, 0.1) is 29.3 Å². The molecule has 0 atom stereocenters. The standard InChI is InChI=1S/C11H14Br2O3/c1-6(2)16-10-8(13)5-7(12)9(14-3)11(10)15-4/h5-6H,1-4H3. The van der Waals surface area contributed by atoms with Crippen molar-refractivity contribution in [2.45, 2.75) is 20.0 Å². The average Bonchev–Trinajstić information content (AvgIpc) is 2.20. The highest BCUT2D eigenvalue weighted by molar-refractivity contribution is 9.11. The summed E-state index contributed by atoms with van der Waals surface area (Å²) in [5, 5.41) is 0. The van der Waals surface area contributed by atoms with Crippen LogP contribution in [0.15, 0.2) is 15.0 Å². The van der Waals surface area contributed by atoms with Crippen LogP contribution in [0.4, 0.5) is 0 Å². The summed E-state index contributed by atoms with van der Waals surface area (Å²) in [4.78, 5) is 0. The van der Waals surface area contributed by atoms with Crippen LogP contribution in [0.5, 0.6) is 17.2 Å². The molecule has 0 amide bonds. The molecule has 0 aliphatic carbocycles. The smallest absolute Gasteiger partial charge is 0.205 e. The van der Waals surface area contributed by atoms with Crippen LogP contribution in [-0.4, -0.2) is 20.3 Å². The van der Waals surface area contributed by atoms with Gasteiger partial charge in [-0.2, -0.15) is 0 Å². The Bertz CT molecular complexity index is 378. The number of halogens is 2. The maximum atomic E-state index is 5.69. The molecule has 0 aliphatic rings. The molecule has 0 unspecified atom stereocenters. The Balaban J connectivity index is 3.34. The molecular formula is C11H14Br2O3. The summed E-state index contributed by atoms with van der Waals surface area (Å²) < 4.78 is 17.9. The first-order chi connectivity index (χ1) is 7.51. The van der Waals surface area contributed by atoms with Gasteiger partial charge in [0.15, 0.2) is 11.5 Å². The van der Waals surface area contributed by atoms with E-state index in [-0.39, 0.29) is 6.10 Å². The van der Waals surface area contributed by atoms with Crippen LogP contribution in [0.2, 0.25) is 0 Å². The number of hydrogen-bond donors (Lipinski definition) is 0. The van der Waals surface area contributed by atoms with Gasteiger partial charge >= 0.3 is 0 Å². The topological polar surface area (TPSA) is 27.7 Å². The van der Waals surface area contributed by atoms with Crippen LogP contribution in [0.3, 0.4) is 0 Å². The molecule has 0 aliphatic heterocycles. The highest BCUT2D eigenvalue weighted by atomic mass is 79.9. The van der Waals surface area contributed by atoms with Crippen molar-refractivity contribution in [2.75, 3.05) is 14.2 Å². The van der Waals surface area contributed by atoms with E-state index in [4.69, 9.17) is 14.2 Å². The van der Waals surface area contributed by atoms with Crippen molar-refractivity contribution in [1.29, 1.82) is 0 Å². The van der Waals surface area contributed by atoms with E-state index in [1.807, 2.05) is 19.9 Å². The SMILES string of the molecule is COc1c(Br)cc(Br)c(OC(C)C)c1OC. The molecule has 16 heavy (non-hydrogen) atoms. The molecule has 90 valence electrons. The van der Waals surface area contributed by atoms with E-state index in [2.05, 4.69) is 31.9 Å². The van der Waals surface area contributed by atoms with Gasteiger partial charge in [0, 0.05) is 0 Å². The minimum atomic E-state index is 0.0658. The van der Waals surface area contributed by atoms with E-state index in [1.54, 1.807) is 14.2 Å². The van der Waals surface area contributed by atoms with Crippen molar-refractivity contribution < 1.29 is 14.2 Å². The Morgan fingerprint density at radius 2 is 1.44 bits per heavy atom. The number of ether oxygens (including phenoxy) is 3. The lowest BCUT2D eigenvalue weighted by molar-refractivity contribution is 0.224. The minimum Gasteiger partial charge on any atom is -0.492 e. The third-order valence-corrected chi connectivity index (χ3v) is 3.04. The first-order valence-corrected chi connectivity index (χ1v) is 6.36. The van der Waals surface area contributed by atoms with Crippen molar-refractivity contribution in [3.8, 4) is 17.2 Å². The molecule has 0 saturated carbocycles. The second-order valence-corrected chi connectivity index (χ2v) is 5.11. The van der Waals surface area contributed by atoms with Crippen LogP contribution in [-0.2, 0) is 0 Å². The zero-order valence-electron chi connectivity index (χ0n) is 9.64. The summed E-state index contributed by atoms with van der Waals surface area (Å²) in [6, 6.07) is 1.87. The second kappa shape index (κ2) is 5.77. The quantitative estimate of drug-likeness (QED) is 0.818. The van der Waals surface area contributed by atoms with Gasteiger partial charge < -0.3 is 14.2 Å². The van der Waals surface area contributed by atoms with Crippen molar-refractivity contribution >= 4 is 31.9 Å². The molecule has 0 N–H and O–H groups in total. The lowest BCUT2D eigenvalue weighted by atomic mass is 10.3. The lowest BCUT2D eigenvalue weighted by Crippen LogP contribution is -2.08. The molecule has 0 spiro atoms. The van der Waals surface area contributed by atoms with Crippen LogP contribution in [0, 0.1) is 0 Å². The van der Waals surface area contributed by atoms with Crippen molar-refractivity contribution in [1.82, 2.24) is 0 Å². The van der Waals surface area contributed by atoms with Gasteiger partial charge in [0.1, 0.15) is 0 Å². The number of methoxy groups -OCH3 is 2. The molecule has 1 aromatic carbocycles. The Kier molecular flexibility index (Phi) is 4.92. The number of hydrogen-bond acceptors (Lipinski definition) is 3. The Morgan fingerprint density at radius 1 is 0.938 bits per heavy atom. The summed E-state index contributed by atoms with van der Waals surface area (Å²) in [6.07, 6.45) is 0.0658. The van der Waals surface area contributed by atoms with E-state index in [1.165, 1.54) is 0 Å². The second-order valence-electron chi connectivity index (χ2n) is 3.40. The van der Waals surface area contributed by atoms with Gasteiger partial charge in [-0.25, -0.2) is 0 Å². The highest BCUT2D eigenvalue weighted by Crippen LogP contribution is 2.47. The van der Waals surface area contributed by atoms with Crippen molar-refractivity contribution in [3.05, 3.63) is 15.0 Å². The maximum absolute atomic E-state index is 5.69. The van der Waals surface area contributed by atoms with Crippen molar-refractivity contribution in [2.24, 2.45) is 0 Å². The average molecular weight is 354 g/mol.